The summed E-state index contributed by atoms with van der Waals surface area (Å²) in [5.74, 6) is 1.75. The second kappa shape index (κ2) is 5.59. The van der Waals surface area contributed by atoms with Gasteiger partial charge < -0.3 is 10.2 Å². The minimum Gasteiger partial charge on any atom is -0.329 e. The second-order valence-electron chi connectivity index (χ2n) is 5.23. The van der Waals surface area contributed by atoms with E-state index in [1.165, 1.54) is 36.1 Å². The average molecular weight is 268 g/mol. The maximum absolute atomic E-state index is 4.58. The van der Waals surface area contributed by atoms with E-state index in [2.05, 4.69) is 45.4 Å². The molecule has 1 aromatic carbocycles. The molecule has 1 N–H and O–H groups in total. The van der Waals surface area contributed by atoms with Crippen LogP contribution in [0.4, 0.5) is 11.5 Å². The van der Waals surface area contributed by atoms with Crippen LogP contribution in [-0.2, 0) is 19.4 Å². The summed E-state index contributed by atoms with van der Waals surface area (Å²) in [5, 5.41) is 3.08. The van der Waals surface area contributed by atoms with Crippen LogP contribution >= 0.6 is 0 Å². The van der Waals surface area contributed by atoms with Crippen molar-refractivity contribution in [3.8, 4) is 0 Å². The van der Waals surface area contributed by atoms with Crippen LogP contribution in [0.5, 0.6) is 0 Å². The van der Waals surface area contributed by atoms with Gasteiger partial charge in [0.15, 0.2) is 0 Å². The number of anilines is 2. The Bertz CT molecular complexity index is 609. The number of aromatic nitrogens is 2. The molecule has 0 fully saturated rings. The van der Waals surface area contributed by atoms with Crippen molar-refractivity contribution in [1.82, 2.24) is 15.3 Å². The number of hydrogen-bond acceptors (Lipinski definition) is 4. The van der Waals surface area contributed by atoms with Crippen LogP contribution in [0.25, 0.3) is 0 Å². The van der Waals surface area contributed by atoms with Crippen molar-refractivity contribution in [2.75, 3.05) is 19.0 Å². The summed E-state index contributed by atoms with van der Waals surface area (Å²) in [6.07, 6.45) is 5.52. The van der Waals surface area contributed by atoms with Crippen molar-refractivity contribution in [2.45, 2.75) is 25.8 Å². The van der Waals surface area contributed by atoms with E-state index >= 15 is 0 Å². The van der Waals surface area contributed by atoms with Crippen molar-refractivity contribution < 1.29 is 0 Å². The van der Waals surface area contributed by atoms with Crippen molar-refractivity contribution in [2.24, 2.45) is 0 Å². The van der Waals surface area contributed by atoms with E-state index in [1.807, 2.05) is 19.3 Å². The predicted octanol–water partition coefficient (Wildman–Crippen LogP) is 2.45. The lowest BCUT2D eigenvalue weighted by atomic mass is 10.1. The van der Waals surface area contributed by atoms with Crippen LogP contribution in [0.3, 0.4) is 0 Å². The third-order valence-electron chi connectivity index (χ3n) is 3.84. The molecule has 0 amide bonds. The first-order valence-corrected chi connectivity index (χ1v) is 7.10. The third-order valence-corrected chi connectivity index (χ3v) is 3.84. The molecular weight excluding hydrogens is 248 g/mol. The number of nitrogens with zero attached hydrogens (tertiary/aromatic N) is 3. The first kappa shape index (κ1) is 13.1. The van der Waals surface area contributed by atoms with Crippen LogP contribution < -0.4 is 10.2 Å². The zero-order valence-corrected chi connectivity index (χ0v) is 12.1. The molecule has 0 unspecified atom stereocenters. The highest BCUT2D eigenvalue weighted by Crippen LogP contribution is 2.28. The Hall–Kier alpha value is -1.94. The quantitative estimate of drug-likeness (QED) is 0.924. The van der Waals surface area contributed by atoms with Crippen LogP contribution in [0.1, 0.15) is 23.4 Å². The van der Waals surface area contributed by atoms with E-state index < -0.39 is 0 Å². The van der Waals surface area contributed by atoms with Gasteiger partial charge in [-0.2, -0.15) is 0 Å². The standard InChI is InChI=1S/C16H20N4/c1-17-11-15-18-9-8-16(19-15)20(2)14-7-6-12-4-3-5-13(12)10-14/h6-10,17H,3-5,11H2,1-2H3. The van der Waals surface area contributed by atoms with Crippen LogP contribution in [0, 0.1) is 0 Å². The van der Waals surface area contributed by atoms with Crippen molar-refractivity contribution in [1.29, 1.82) is 0 Å². The fourth-order valence-corrected chi connectivity index (χ4v) is 2.72. The van der Waals surface area contributed by atoms with Gasteiger partial charge in [-0.25, -0.2) is 9.97 Å². The third kappa shape index (κ3) is 2.51. The van der Waals surface area contributed by atoms with Crippen molar-refractivity contribution in [3.63, 3.8) is 0 Å². The van der Waals surface area contributed by atoms with E-state index in [0.29, 0.717) is 6.54 Å². The highest BCUT2D eigenvalue weighted by Gasteiger charge is 2.13. The summed E-state index contributed by atoms with van der Waals surface area (Å²) in [5.41, 5.74) is 4.18. The Morgan fingerprint density at radius 3 is 2.90 bits per heavy atom. The molecule has 2 aromatic rings. The fraction of sp³-hybridized carbons (Fsp3) is 0.375. The topological polar surface area (TPSA) is 41.1 Å². The maximum Gasteiger partial charge on any atom is 0.144 e. The lowest BCUT2D eigenvalue weighted by Gasteiger charge is -2.19. The summed E-state index contributed by atoms with van der Waals surface area (Å²) in [4.78, 5) is 11.0. The molecule has 20 heavy (non-hydrogen) atoms. The molecule has 0 saturated heterocycles. The van der Waals surface area contributed by atoms with E-state index in [0.717, 1.165) is 11.6 Å². The average Bonchev–Trinajstić information content (AvgIpc) is 2.94. The summed E-state index contributed by atoms with van der Waals surface area (Å²) in [7, 11) is 3.96. The Kier molecular flexibility index (Phi) is 3.65. The van der Waals surface area contributed by atoms with Gasteiger partial charge in [0.05, 0.1) is 6.54 Å². The molecule has 0 atom stereocenters. The smallest absolute Gasteiger partial charge is 0.144 e. The predicted molar refractivity (Wildman–Crippen MR) is 81.3 cm³/mol. The van der Waals surface area contributed by atoms with Gasteiger partial charge in [-0.1, -0.05) is 6.07 Å². The lowest BCUT2D eigenvalue weighted by molar-refractivity contribution is 0.757. The van der Waals surface area contributed by atoms with Gasteiger partial charge in [0.25, 0.3) is 0 Å². The zero-order valence-electron chi connectivity index (χ0n) is 12.1. The number of hydrogen-bond donors (Lipinski definition) is 1. The van der Waals surface area contributed by atoms with Gasteiger partial charge in [-0.05, 0) is 55.6 Å². The summed E-state index contributed by atoms with van der Waals surface area (Å²) in [6.45, 7) is 0.686. The van der Waals surface area contributed by atoms with Crippen LogP contribution in [-0.4, -0.2) is 24.1 Å². The Labute approximate surface area is 119 Å². The molecule has 0 radical (unpaired) electrons. The molecule has 0 spiro atoms. The number of aryl methyl sites for hydroxylation is 2. The molecule has 0 saturated carbocycles. The van der Waals surface area contributed by atoms with Crippen molar-refractivity contribution >= 4 is 11.5 Å². The van der Waals surface area contributed by atoms with Gasteiger partial charge >= 0.3 is 0 Å². The first-order valence-electron chi connectivity index (χ1n) is 7.10. The van der Waals surface area contributed by atoms with E-state index in [1.54, 1.807) is 0 Å². The Balaban J connectivity index is 1.88. The molecule has 4 nitrogen and oxygen atoms in total. The minimum absolute atomic E-state index is 0.686. The van der Waals surface area contributed by atoms with Gasteiger partial charge in [0.1, 0.15) is 11.6 Å². The van der Waals surface area contributed by atoms with Crippen molar-refractivity contribution in [3.05, 3.63) is 47.4 Å². The first-order chi connectivity index (χ1) is 9.78. The minimum atomic E-state index is 0.686. The Morgan fingerprint density at radius 2 is 2.05 bits per heavy atom. The molecule has 1 aliphatic rings. The molecule has 0 aliphatic heterocycles. The van der Waals surface area contributed by atoms with E-state index in [9.17, 15) is 0 Å². The molecule has 1 aromatic heterocycles. The molecule has 3 rings (SSSR count). The van der Waals surface area contributed by atoms with Gasteiger partial charge in [-0.3, -0.25) is 0 Å². The summed E-state index contributed by atoms with van der Waals surface area (Å²) < 4.78 is 0. The monoisotopic (exact) mass is 268 g/mol. The molecular formula is C16H20N4. The normalized spacial score (nSPS) is 13.3. The fourth-order valence-electron chi connectivity index (χ4n) is 2.72. The van der Waals surface area contributed by atoms with E-state index in [4.69, 9.17) is 0 Å². The highest BCUT2D eigenvalue weighted by atomic mass is 15.2. The summed E-state index contributed by atoms with van der Waals surface area (Å²) in [6, 6.07) is 8.68. The molecule has 104 valence electrons. The second-order valence-corrected chi connectivity index (χ2v) is 5.23. The van der Waals surface area contributed by atoms with Gasteiger partial charge in [0, 0.05) is 18.9 Å². The maximum atomic E-state index is 4.58. The number of nitrogens with one attached hydrogen (secondary N) is 1. The molecule has 4 heteroatoms. The lowest BCUT2D eigenvalue weighted by Crippen LogP contribution is -2.15. The zero-order chi connectivity index (χ0) is 13.9. The number of fused-ring (bicyclic) bond motifs is 1. The molecule has 1 aliphatic carbocycles. The Morgan fingerprint density at radius 1 is 1.20 bits per heavy atom. The SMILES string of the molecule is CNCc1nccc(N(C)c2ccc3c(c2)CCC3)n1. The number of rotatable bonds is 4. The highest BCUT2D eigenvalue weighted by molar-refractivity contribution is 5.61. The van der Waals surface area contributed by atoms with Gasteiger partial charge in [0.2, 0.25) is 0 Å². The van der Waals surface area contributed by atoms with E-state index in [-0.39, 0.29) is 0 Å². The van der Waals surface area contributed by atoms with Crippen LogP contribution in [0.15, 0.2) is 30.5 Å². The van der Waals surface area contributed by atoms with Gasteiger partial charge in [-0.15, -0.1) is 0 Å². The largest absolute Gasteiger partial charge is 0.329 e. The number of benzene rings is 1. The molecule has 1 heterocycles. The molecule has 0 bridgehead atoms. The summed E-state index contributed by atoms with van der Waals surface area (Å²) >= 11 is 0. The van der Waals surface area contributed by atoms with Crippen LogP contribution in [0.2, 0.25) is 0 Å².